The fraction of sp³-hybridized carbons (Fsp3) is 0.167. The largest absolute Gasteiger partial charge is 0.497 e. The predicted octanol–water partition coefficient (Wildman–Crippen LogP) is 6.48. The Kier molecular flexibility index (Phi) is 7.46. The van der Waals surface area contributed by atoms with E-state index < -0.39 is 0 Å². The van der Waals surface area contributed by atoms with Crippen LogP contribution in [-0.2, 0) is 0 Å². The zero-order valence-electron chi connectivity index (χ0n) is 22.4. The molecule has 11 heteroatoms. The molecule has 0 amide bonds. The molecule has 0 unspecified atom stereocenters. The Morgan fingerprint density at radius 2 is 1.56 bits per heavy atom. The molecule has 0 aliphatic rings. The fourth-order valence-electron chi connectivity index (χ4n) is 4.46. The van der Waals surface area contributed by atoms with Gasteiger partial charge in [-0.3, -0.25) is 0 Å². The van der Waals surface area contributed by atoms with Gasteiger partial charge in [0.15, 0.2) is 5.69 Å². The van der Waals surface area contributed by atoms with Crippen LogP contribution in [0.25, 0.3) is 44.8 Å². The van der Waals surface area contributed by atoms with Crippen molar-refractivity contribution in [1.82, 2.24) is 25.3 Å². The SMILES string of the molecule is COc1ccc(-c2noc(-c3ccc(NCCCNc4c5ccc(Cl)cc5nc5ccc(OC)cc45)nn3)n2)cc1. The summed E-state index contributed by atoms with van der Waals surface area (Å²) in [4.78, 5) is 9.22. The molecule has 0 saturated heterocycles. The van der Waals surface area contributed by atoms with Crippen molar-refractivity contribution in [1.29, 1.82) is 0 Å². The number of hydrogen-bond donors (Lipinski definition) is 2. The molecule has 10 nitrogen and oxygen atoms in total. The Morgan fingerprint density at radius 3 is 2.34 bits per heavy atom. The normalized spacial score (nSPS) is 11.1. The first-order chi connectivity index (χ1) is 20.1. The molecule has 3 aromatic heterocycles. The van der Waals surface area contributed by atoms with Gasteiger partial charge in [-0.2, -0.15) is 4.98 Å². The number of halogens is 1. The van der Waals surface area contributed by atoms with Crippen LogP contribution in [0.5, 0.6) is 11.5 Å². The first kappa shape index (κ1) is 26.3. The third-order valence-corrected chi connectivity index (χ3v) is 6.80. The molecule has 3 heterocycles. The standard InChI is InChI=1S/C30H26ClN7O3/c1-39-20-7-4-18(5-8-20)29-35-30(41-38-29)25-12-13-27(37-36-25)32-14-3-15-33-28-22-10-6-19(31)16-26(22)34-24-11-9-21(40-2)17-23(24)28/h4-13,16-17H,3,14-15H2,1-2H3,(H,32,37)(H,33,34). The van der Waals surface area contributed by atoms with Gasteiger partial charge in [-0.1, -0.05) is 16.8 Å². The topological polar surface area (TPSA) is 120 Å². The maximum atomic E-state index is 6.24. The number of nitrogens with one attached hydrogen (secondary N) is 2. The molecule has 6 aromatic rings. The lowest BCUT2D eigenvalue weighted by molar-refractivity contribution is 0.414. The minimum Gasteiger partial charge on any atom is -0.497 e. The average molecular weight is 568 g/mol. The van der Waals surface area contributed by atoms with Crippen molar-refractivity contribution in [2.24, 2.45) is 0 Å². The van der Waals surface area contributed by atoms with Gasteiger partial charge < -0.3 is 24.6 Å². The van der Waals surface area contributed by atoms with Crippen LogP contribution in [0.1, 0.15) is 6.42 Å². The minimum atomic E-state index is 0.300. The van der Waals surface area contributed by atoms with Crippen molar-refractivity contribution in [2.75, 3.05) is 37.9 Å². The highest BCUT2D eigenvalue weighted by Gasteiger charge is 2.13. The fourth-order valence-corrected chi connectivity index (χ4v) is 4.62. The Bertz CT molecular complexity index is 1810. The number of pyridine rings is 1. The maximum absolute atomic E-state index is 6.24. The van der Waals surface area contributed by atoms with E-state index in [1.165, 1.54) is 0 Å². The van der Waals surface area contributed by atoms with E-state index in [-0.39, 0.29) is 0 Å². The summed E-state index contributed by atoms with van der Waals surface area (Å²) in [5.74, 6) is 2.96. The highest BCUT2D eigenvalue weighted by atomic mass is 35.5. The molecule has 0 radical (unpaired) electrons. The molecular weight excluding hydrogens is 542 g/mol. The molecule has 206 valence electrons. The molecule has 0 spiro atoms. The lowest BCUT2D eigenvalue weighted by Crippen LogP contribution is -2.11. The van der Waals surface area contributed by atoms with Gasteiger partial charge in [-0.25, -0.2) is 4.98 Å². The summed E-state index contributed by atoms with van der Waals surface area (Å²) in [6.07, 6.45) is 0.835. The second kappa shape index (κ2) is 11.6. The van der Waals surface area contributed by atoms with Crippen molar-refractivity contribution in [3.05, 3.63) is 77.8 Å². The quantitative estimate of drug-likeness (QED) is 0.140. The summed E-state index contributed by atoms with van der Waals surface area (Å²) in [5.41, 5.74) is 4.02. The average Bonchev–Trinajstić information content (AvgIpc) is 3.51. The van der Waals surface area contributed by atoms with E-state index >= 15 is 0 Å². The number of ether oxygens (including phenoxy) is 2. The van der Waals surface area contributed by atoms with Crippen LogP contribution in [0.3, 0.4) is 0 Å². The third-order valence-electron chi connectivity index (χ3n) is 6.56. The van der Waals surface area contributed by atoms with Crippen molar-refractivity contribution in [3.8, 4) is 34.5 Å². The molecular formula is C30H26ClN7O3. The van der Waals surface area contributed by atoms with Gasteiger partial charge >= 0.3 is 0 Å². The van der Waals surface area contributed by atoms with Crippen LogP contribution in [-0.4, -0.2) is 52.6 Å². The van der Waals surface area contributed by atoms with Gasteiger partial charge in [0.2, 0.25) is 5.82 Å². The van der Waals surface area contributed by atoms with Gasteiger partial charge in [0.05, 0.1) is 30.9 Å². The van der Waals surface area contributed by atoms with Crippen molar-refractivity contribution < 1.29 is 14.0 Å². The highest BCUT2D eigenvalue weighted by molar-refractivity contribution is 6.31. The number of methoxy groups -OCH3 is 2. The molecule has 6 rings (SSSR count). The monoisotopic (exact) mass is 567 g/mol. The minimum absolute atomic E-state index is 0.300. The van der Waals surface area contributed by atoms with Crippen molar-refractivity contribution >= 4 is 44.9 Å². The van der Waals surface area contributed by atoms with Crippen LogP contribution in [0.15, 0.2) is 77.3 Å². The van der Waals surface area contributed by atoms with E-state index in [0.29, 0.717) is 34.8 Å². The van der Waals surface area contributed by atoms with E-state index in [4.69, 9.17) is 30.6 Å². The maximum Gasteiger partial charge on any atom is 0.278 e. The predicted molar refractivity (Wildman–Crippen MR) is 160 cm³/mol. The number of aromatic nitrogens is 5. The molecule has 0 saturated carbocycles. The molecule has 0 fully saturated rings. The number of benzene rings is 3. The molecule has 0 bridgehead atoms. The summed E-state index contributed by atoms with van der Waals surface area (Å²) < 4.78 is 16.0. The van der Waals surface area contributed by atoms with E-state index in [1.54, 1.807) is 20.3 Å². The molecule has 0 atom stereocenters. The summed E-state index contributed by atoms with van der Waals surface area (Å²) in [6, 6.07) is 22.7. The van der Waals surface area contributed by atoms with E-state index in [0.717, 1.165) is 57.5 Å². The lowest BCUT2D eigenvalue weighted by atomic mass is 10.1. The molecule has 2 N–H and O–H groups in total. The van der Waals surface area contributed by atoms with Gasteiger partial charge in [0, 0.05) is 34.4 Å². The second-order valence-electron chi connectivity index (χ2n) is 9.19. The second-order valence-corrected chi connectivity index (χ2v) is 9.63. The number of anilines is 2. The Balaban J connectivity index is 1.08. The number of fused-ring (bicyclic) bond motifs is 2. The van der Waals surface area contributed by atoms with Gasteiger partial charge in [-0.15, -0.1) is 10.2 Å². The zero-order valence-corrected chi connectivity index (χ0v) is 23.1. The molecule has 41 heavy (non-hydrogen) atoms. The molecule has 0 aliphatic carbocycles. The Morgan fingerprint density at radius 1 is 0.756 bits per heavy atom. The Hall–Kier alpha value is -4.96. The molecule has 0 aliphatic heterocycles. The number of hydrogen-bond acceptors (Lipinski definition) is 10. The summed E-state index contributed by atoms with van der Waals surface area (Å²) >= 11 is 6.24. The van der Waals surface area contributed by atoms with Crippen molar-refractivity contribution in [3.63, 3.8) is 0 Å². The zero-order chi connectivity index (χ0) is 28.2. The first-order valence-corrected chi connectivity index (χ1v) is 13.4. The highest BCUT2D eigenvalue weighted by Crippen LogP contribution is 2.34. The smallest absolute Gasteiger partial charge is 0.278 e. The van der Waals surface area contributed by atoms with E-state index in [2.05, 4.69) is 31.0 Å². The third kappa shape index (κ3) is 5.68. The van der Waals surface area contributed by atoms with Crippen LogP contribution < -0.4 is 20.1 Å². The van der Waals surface area contributed by atoms with Crippen LogP contribution in [0, 0.1) is 0 Å². The van der Waals surface area contributed by atoms with Crippen LogP contribution in [0.4, 0.5) is 11.5 Å². The summed E-state index contributed by atoms with van der Waals surface area (Å²) in [5, 5.41) is 22.1. The first-order valence-electron chi connectivity index (χ1n) is 13.0. The number of rotatable bonds is 10. The van der Waals surface area contributed by atoms with Crippen LogP contribution in [0.2, 0.25) is 5.02 Å². The summed E-state index contributed by atoms with van der Waals surface area (Å²) in [7, 11) is 3.28. The number of nitrogens with zero attached hydrogens (tertiary/aromatic N) is 5. The van der Waals surface area contributed by atoms with E-state index in [9.17, 15) is 0 Å². The van der Waals surface area contributed by atoms with Gasteiger partial charge in [-0.05, 0) is 79.2 Å². The van der Waals surface area contributed by atoms with Crippen molar-refractivity contribution in [2.45, 2.75) is 6.42 Å². The molecule has 3 aromatic carbocycles. The van der Waals surface area contributed by atoms with Gasteiger partial charge in [0.1, 0.15) is 17.3 Å². The van der Waals surface area contributed by atoms with Gasteiger partial charge in [0.25, 0.3) is 5.89 Å². The Labute approximate surface area is 240 Å². The van der Waals surface area contributed by atoms with E-state index in [1.807, 2.05) is 66.7 Å². The lowest BCUT2D eigenvalue weighted by Gasteiger charge is -2.14. The summed E-state index contributed by atoms with van der Waals surface area (Å²) in [6.45, 7) is 1.42. The van der Waals surface area contributed by atoms with Crippen LogP contribution >= 0.6 is 11.6 Å².